The lowest BCUT2D eigenvalue weighted by Gasteiger charge is -2.33. The van der Waals surface area contributed by atoms with E-state index < -0.39 is 5.97 Å². The van der Waals surface area contributed by atoms with Crippen LogP contribution in [0.4, 0.5) is 0 Å². The van der Waals surface area contributed by atoms with Gasteiger partial charge in [-0.05, 0) is 42.5 Å². The number of aliphatic carboxylic acids is 1. The Kier molecular flexibility index (Phi) is 5.21. The standard InChI is InChI=1S/C22H23N3O3/c1-2-14-4-3-5-17(10-14)21-24-20(25-28-21)16-8-6-15(7-9-16)13-23-19-11-18(12-19)22(26)27/h3-10,18-19,23H,2,11-13H2,1H3,(H,26,27)/t18-,19+. The molecule has 0 radical (unpaired) electrons. The minimum absolute atomic E-state index is 0.190. The van der Waals surface area contributed by atoms with Gasteiger partial charge in [0.2, 0.25) is 5.82 Å². The molecule has 1 aliphatic carbocycles. The highest BCUT2D eigenvalue weighted by Gasteiger charge is 2.33. The second-order valence-corrected chi connectivity index (χ2v) is 7.26. The summed E-state index contributed by atoms with van der Waals surface area (Å²) in [4.78, 5) is 15.4. The van der Waals surface area contributed by atoms with Gasteiger partial charge >= 0.3 is 5.97 Å². The normalized spacial score (nSPS) is 18.6. The zero-order valence-corrected chi connectivity index (χ0v) is 15.8. The zero-order chi connectivity index (χ0) is 19.5. The maximum Gasteiger partial charge on any atom is 0.306 e. The fourth-order valence-corrected chi connectivity index (χ4v) is 3.40. The third-order valence-corrected chi connectivity index (χ3v) is 5.30. The van der Waals surface area contributed by atoms with Gasteiger partial charge in [0.1, 0.15) is 0 Å². The molecule has 4 rings (SSSR count). The van der Waals surface area contributed by atoms with Gasteiger partial charge in [-0.15, -0.1) is 0 Å². The molecular formula is C22H23N3O3. The van der Waals surface area contributed by atoms with Crippen molar-refractivity contribution in [3.05, 3.63) is 59.7 Å². The summed E-state index contributed by atoms with van der Waals surface area (Å²) < 4.78 is 5.44. The number of carboxylic acids is 1. The Labute approximate surface area is 163 Å². The number of aromatic nitrogens is 2. The molecule has 0 amide bonds. The number of rotatable bonds is 7. The van der Waals surface area contributed by atoms with Gasteiger partial charge in [0.15, 0.2) is 0 Å². The van der Waals surface area contributed by atoms with E-state index in [0.717, 1.165) is 29.7 Å². The van der Waals surface area contributed by atoms with E-state index in [1.54, 1.807) is 0 Å². The molecule has 2 aromatic carbocycles. The lowest BCUT2D eigenvalue weighted by Crippen LogP contribution is -2.43. The first kappa shape index (κ1) is 18.4. The van der Waals surface area contributed by atoms with Gasteiger partial charge < -0.3 is 14.9 Å². The summed E-state index contributed by atoms with van der Waals surface area (Å²) in [6.07, 6.45) is 2.37. The molecule has 6 nitrogen and oxygen atoms in total. The highest BCUT2D eigenvalue weighted by atomic mass is 16.5. The van der Waals surface area contributed by atoms with E-state index >= 15 is 0 Å². The molecule has 2 N–H and O–H groups in total. The van der Waals surface area contributed by atoms with Crippen molar-refractivity contribution in [2.75, 3.05) is 0 Å². The van der Waals surface area contributed by atoms with Crippen molar-refractivity contribution in [2.24, 2.45) is 5.92 Å². The van der Waals surface area contributed by atoms with Crippen LogP contribution >= 0.6 is 0 Å². The van der Waals surface area contributed by atoms with Crippen LogP contribution in [-0.4, -0.2) is 27.3 Å². The number of nitrogens with one attached hydrogen (secondary N) is 1. The predicted molar refractivity (Wildman–Crippen MR) is 106 cm³/mol. The van der Waals surface area contributed by atoms with E-state index in [-0.39, 0.29) is 5.92 Å². The van der Waals surface area contributed by atoms with Crippen LogP contribution in [0.25, 0.3) is 22.8 Å². The van der Waals surface area contributed by atoms with Crippen molar-refractivity contribution in [1.82, 2.24) is 15.5 Å². The lowest BCUT2D eigenvalue weighted by atomic mass is 9.80. The number of hydrogen-bond acceptors (Lipinski definition) is 5. The minimum atomic E-state index is -0.691. The Morgan fingerprint density at radius 1 is 1.14 bits per heavy atom. The van der Waals surface area contributed by atoms with Crippen LogP contribution in [0.15, 0.2) is 53.1 Å². The van der Waals surface area contributed by atoms with E-state index in [1.165, 1.54) is 5.56 Å². The summed E-state index contributed by atoms with van der Waals surface area (Å²) >= 11 is 0. The van der Waals surface area contributed by atoms with Crippen molar-refractivity contribution >= 4 is 5.97 Å². The quantitative estimate of drug-likeness (QED) is 0.649. The van der Waals surface area contributed by atoms with Gasteiger partial charge in [0.05, 0.1) is 5.92 Å². The van der Waals surface area contributed by atoms with E-state index in [2.05, 4.69) is 34.5 Å². The van der Waals surface area contributed by atoms with Gasteiger partial charge in [-0.25, -0.2) is 0 Å². The van der Waals surface area contributed by atoms with Crippen LogP contribution in [0.2, 0.25) is 0 Å². The van der Waals surface area contributed by atoms with Crippen LogP contribution < -0.4 is 5.32 Å². The molecule has 6 heteroatoms. The highest BCUT2D eigenvalue weighted by Crippen LogP contribution is 2.28. The molecule has 3 aromatic rings. The third kappa shape index (κ3) is 3.97. The second kappa shape index (κ2) is 7.94. The van der Waals surface area contributed by atoms with Gasteiger partial charge in [-0.1, -0.05) is 48.5 Å². The second-order valence-electron chi connectivity index (χ2n) is 7.26. The van der Waals surface area contributed by atoms with E-state index in [1.807, 2.05) is 36.4 Å². The van der Waals surface area contributed by atoms with Crippen molar-refractivity contribution < 1.29 is 14.4 Å². The maximum atomic E-state index is 10.9. The Balaban J connectivity index is 1.38. The van der Waals surface area contributed by atoms with Gasteiger partial charge in [-0.2, -0.15) is 4.98 Å². The molecular weight excluding hydrogens is 354 g/mol. The number of aryl methyl sites for hydroxylation is 1. The molecule has 144 valence electrons. The topological polar surface area (TPSA) is 88.2 Å². The first-order chi connectivity index (χ1) is 13.6. The summed E-state index contributed by atoms with van der Waals surface area (Å²) in [5, 5.41) is 16.4. The number of carbonyl (C=O) groups is 1. The van der Waals surface area contributed by atoms with Crippen molar-refractivity contribution in [1.29, 1.82) is 0 Å². The SMILES string of the molecule is CCc1cccc(-c2nc(-c3ccc(CN[C@H]4C[C@@H](C(=O)O)C4)cc3)no2)c1. The van der Waals surface area contributed by atoms with Crippen LogP contribution in [0.1, 0.15) is 30.9 Å². The van der Waals surface area contributed by atoms with E-state index in [4.69, 9.17) is 9.63 Å². The van der Waals surface area contributed by atoms with E-state index in [0.29, 0.717) is 30.6 Å². The number of hydrogen-bond donors (Lipinski definition) is 2. The summed E-state index contributed by atoms with van der Waals surface area (Å²) in [5.41, 5.74) is 4.20. The smallest absolute Gasteiger partial charge is 0.306 e. The molecule has 1 fully saturated rings. The maximum absolute atomic E-state index is 10.9. The van der Waals surface area contributed by atoms with Crippen LogP contribution in [0.3, 0.4) is 0 Å². The molecule has 1 heterocycles. The first-order valence-corrected chi connectivity index (χ1v) is 9.61. The van der Waals surface area contributed by atoms with E-state index in [9.17, 15) is 4.79 Å². The lowest BCUT2D eigenvalue weighted by molar-refractivity contribution is -0.145. The average molecular weight is 377 g/mol. The van der Waals surface area contributed by atoms with Crippen molar-refractivity contribution in [3.63, 3.8) is 0 Å². The predicted octanol–water partition coefficient (Wildman–Crippen LogP) is 3.92. The summed E-state index contributed by atoms with van der Waals surface area (Å²) in [6.45, 7) is 2.84. The first-order valence-electron chi connectivity index (χ1n) is 9.61. The number of nitrogens with zero attached hydrogens (tertiary/aromatic N) is 2. The average Bonchev–Trinajstić information content (AvgIpc) is 3.17. The Morgan fingerprint density at radius 3 is 2.64 bits per heavy atom. The molecule has 0 spiro atoms. The van der Waals surface area contributed by atoms with Gasteiger partial charge in [-0.3, -0.25) is 4.79 Å². The molecule has 1 saturated carbocycles. The third-order valence-electron chi connectivity index (χ3n) is 5.30. The Morgan fingerprint density at radius 2 is 1.93 bits per heavy atom. The molecule has 0 atom stereocenters. The summed E-state index contributed by atoms with van der Waals surface area (Å²) in [5.74, 6) is 0.211. The largest absolute Gasteiger partial charge is 0.481 e. The molecule has 28 heavy (non-hydrogen) atoms. The molecule has 1 aromatic heterocycles. The van der Waals surface area contributed by atoms with Crippen molar-refractivity contribution in [3.8, 4) is 22.8 Å². The fourth-order valence-electron chi connectivity index (χ4n) is 3.40. The van der Waals surface area contributed by atoms with Gasteiger partial charge in [0, 0.05) is 23.7 Å². The van der Waals surface area contributed by atoms with Crippen molar-refractivity contribution in [2.45, 2.75) is 38.8 Å². The molecule has 0 aliphatic heterocycles. The zero-order valence-electron chi connectivity index (χ0n) is 15.8. The summed E-state index contributed by atoms with van der Waals surface area (Å²) in [6, 6.07) is 16.4. The fraction of sp³-hybridized carbons (Fsp3) is 0.318. The Hall–Kier alpha value is -2.99. The van der Waals surface area contributed by atoms with Gasteiger partial charge in [0.25, 0.3) is 5.89 Å². The number of benzene rings is 2. The molecule has 1 aliphatic rings. The Bertz CT molecular complexity index is 959. The number of carboxylic acid groups (broad SMARTS) is 1. The van der Waals surface area contributed by atoms with Crippen LogP contribution in [0, 0.1) is 5.92 Å². The monoisotopic (exact) mass is 377 g/mol. The molecule has 0 bridgehead atoms. The molecule has 0 saturated heterocycles. The van der Waals surface area contributed by atoms with Crippen LogP contribution in [0.5, 0.6) is 0 Å². The van der Waals surface area contributed by atoms with Crippen LogP contribution in [-0.2, 0) is 17.8 Å². The molecule has 0 unspecified atom stereocenters. The highest BCUT2D eigenvalue weighted by molar-refractivity contribution is 5.71. The summed E-state index contributed by atoms with van der Waals surface area (Å²) in [7, 11) is 0. The minimum Gasteiger partial charge on any atom is -0.481 e.